The molecule has 0 saturated heterocycles. The first-order chi connectivity index (χ1) is 8.97. The van der Waals surface area contributed by atoms with E-state index >= 15 is 0 Å². The minimum Gasteiger partial charge on any atom is -0.297 e. The molecule has 1 aromatic carbocycles. The Kier molecular flexibility index (Phi) is 3.80. The lowest BCUT2D eigenvalue weighted by atomic mass is 10.1. The fraction of sp³-hybridized carbons (Fsp3) is 0.308. The van der Waals surface area contributed by atoms with E-state index in [1.807, 2.05) is 6.07 Å². The van der Waals surface area contributed by atoms with Gasteiger partial charge in [-0.25, -0.2) is 4.68 Å². The molecule has 0 unspecified atom stereocenters. The van der Waals surface area contributed by atoms with Crippen molar-refractivity contribution in [2.75, 3.05) is 0 Å². The Labute approximate surface area is 116 Å². The molecule has 0 bridgehead atoms. The zero-order valence-electron chi connectivity index (χ0n) is 10.8. The maximum atomic E-state index is 10.8. The van der Waals surface area contributed by atoms with Crippen LogP contribution in [-0.4, -0.2) is 14.7 Å². The van der Waals surface area contributed by atoms with Crippen molar-refractivity contribution in [3.8, 4) is 5.69 Å². The van der Waals surface area contributed by atoms with E-state index in [0.29, 0.717) is 16.2 Å². The molecular formula is C13H15N3O2S. The molecule has 0 aliphatic carbocycles. The van der Waals surface area contributed by atoms with Gasteiger partial charge >= 0.3 is 0 Å². The Morgan fingerprint density at radius 1 is 1.42 bits per heavy atom. The molecule has 0 atom stereocenters. The Morgan fingerprint density at radius 2 is 2.16 bits per heavy atom. The molecule has 6 heteroatoms. The molecule has 0 saturated carbocycles. The van der Waals surface area contributed by atoms with Crippen molar-refractivity contribution in [3.05, 3.63) is 50.8 Å². The quantitative estimate of drug-likeness (QED) is 0.527. The highest BCUT2D eigenvalue weighted by atomic mass is 32.1. The van der Waals surface area contributed by atoms with E-state index in [1.165, 1.54) is 12.1 Å². The number of hydrogen-bond donors (Lipinski definition) is 1. The molecule has 1 heterocycles. The van der Waals surface area contributed by atoms with Crippen molar-refractivity contribution in [2.45, 2.75) is 20.3 Å². The van der Waals surface area contributed by atoms with Crippen LogP contribution in [0, 0.1) is 20.7 Å². The van der Waals surface area contributed by atoms with Crippen LogP contribution in [0.4, 0.5) is 5.69 Å². The summed E-state index contributed by atoms with van der Waals surface area (Å²) >= 11 is 5.28. The number of nitro groups is 1. The zero-order chi connectivity index (χ0) is 14.0. The van der Waals surface area contributed by atoms with Crippen molar-refractivity contribution in [2.24, 2.45) is 5.92 Å². The van der Waals surface area contributed by atoms with Gasteiger partial charge in [-0.3, -0.25) is 15.2 Å². The molecule has 0 amide bonds. The van der Waals surface area contributed by atoms with Gasteiger partial charge in [0.2, 0.25) is 0 Å². The van der Waals surface area contributed by atoms with Gasteiger partial charge < -0.3 is 0 Å². The summed E-state index contributed by atoms with van der Waals surface area (Å²) in [5, 5.41) is 14.0. The number of benzene rings is 1. The van der Waals surface area contributed by atoms with Gasteiger partial charge in [0.05, 0.1) is 10.6 Å². The molecular weight excluding hydrogens is 262 g/mol. The average molecular weight is 277 g/mol. The maximum absolute atomic E-state index is 10.8. The molecule has 0 fully saturated rings. The van der Waals surface area contributed by atoms with Crippen LogP contribution in [0.2, 0.25) is 0 Å². The predicted octanol–water partition coefficient (Wildman–Crippen LogP) is 3.64. The lowest BCUT2D eigenvalue weighted by molar-refractivity contribution is -0.384. The summed E-state index contributed by atoms with van der Waals surface area (Å²) in [5.41, 5.74) is 1.76. The van der Waals surface area contributed by atoms with Crippen molar-refractivity contribution < 1.29 is 4.92 Å². The van der Waals surface area contributed by atoms with Crippen LogP contribution in [-0.2, 0) is 6.42 Å². The number of H-pyrrole nitrogens is 1. The molecule has 1 aromatic heterocycles. The Bertz CT molecular complexity index is 658. The molecule has 1 N–H and O–H groups in total. The van der Waals surface area contributed by atoms with Crippen LogP contribution in [0.15, 0.2) is 30.3 Å². The van der Waals surface area contributed by atoms with Gasteiger partial charge in [-0.1, -0.05) is 32.1 Å². The standard InChI is InChI=1S/C13H15N3O2S/c1-9(2)6-10-7-13(19)15(14-10)11-4-3-5-12(8-11)16(17)18/h3-5,7-9,14H,6H2,1-2H3. The van der Waals surface area contributed by atoms with Crippen molar-refractivity contribution >= 4 is 17.9 Å². The van der Waals surface area contributed by atoms with Crippen LogP contribution in [0.1, 0.15) is 19.5 Å². The maximum Gasteiger partial charge on any atom is 0.271 e. The van der Waals surface area contributed by atoms with Crippen molar-refractivity contribution in [1.82, 2.24) is 9.78 Å². The average Bonchev–Trinajstić information content (AvgIpc) is 2.69. The third-order valence-electron chi connectivity index (χ3n) is 2.70. The Hall–Kier alpha value is -1.95. The molecule has 2 aromatic rings. The number of aromatic nitrogens is 2. The zero-order valence-corrected chi connectivity index (χ0v) is 11.6. The summed E-state index contributed by atoms with van der Waals surface area (Å²) in [6, 6.07) is 8.31. The van der Waals surface area contributed by atoms with Crippen LogP contribution in [0.5, 0.6) is 0 Å². The summed E-state index contributed by atoms with van der Waals surface area (Å²) in [4.78, 5) is 10.4. The van der Waals surface area contributed by atoms with E-state index in [2.05, 4.69) is 18.9 Å². The third-order valence-corrected chi connectivity index (χ3v) is 3.00. The molecule has 0 radical (unpaired) electrons. The number of aromatic amines is 1. The normalized spacial score (nSPS) is 10.9. The second kappa shape index (κ2) is 5.36. The van der Waals surface area contributed by atoms with Crippen LogP contribution >= 0.6 is 12.2 Å². The topological polar surface area (TPSA) is 63.9 Å². The number of nitro benzene ring substituents is 1. The molecule has 5 nitrogen and oxygen atoms in total. The van der Waals surface area contributed by atoms with E-state index in [0.717, 1.165) is 12.1 Å². The first kappa shape index (κ1) is 13.5. The van der Waals surface area contributed by atoms with E-state index in [1.54, 1.807) is 16.8 Å². The molecule has 0 aliphatic heterocycles. The summed E-state index contributed by atoms with van der Waals surface area (Å²) in [6.07, 6.45) is 0.894. The van der Waals surface area contributed by atoms with Gasteiger partial charge in [-0.15, -0.1) is 0 Å². The van der Waals surface area contributed by atoms with Crippen LogP contribution in [0.25, 0.3) is 5.69 Å². The summed E-state index contributed by atoms with van der Waals surface area (Å²) in [7, 11) is 0. The number of rotatable bonds is 4. The van der Waals surface area contributed by atoms with Gasteiger partial charge in [0.1, 0.15) is 4.64 Å². The first-order valence-electron chi connectivity index (χ1n) is 6.03. The van der Waals surface area contributed by atoms with Gasteiger partial charge in [-0.2, -0.15) is 0 Å². The second-order valence-corrected chi connectivity index (χ2v) is 5.25. The van der Waals surface area contributed by atoms with Gasteiger partial charge in [-0.05, 0) is 24.5 Å². The number of nitrogens with zero attached hydrogens (tertiary/aromatic N) is 2. The number of nitrogens with one attached hydrogen (secondary N) is 1. The van der Waals surface area contributed by atoms with E-state index in [-0.39, 0.29) is 5.69 Å². The van der Waals surface area contributed by atoms with Crippen molar-refractivity contribution in [3.63, 3.8) is 0 Å². The Morgan fingerprint density at radius 3 is 2.79 bits per heavy atom. The highest BCUT2D eigenvalue weighted by Crippen LogP contribution is 2.18. The van der Waals surface area contributed by atoms with Crippen LogP contribution < -0.4 is 0 Å². The summed E-state index contributed by atoms with van der Waals surface area (Å²) in [6.45, 7) is 4.25. The molecule has 0 spiro atoms. The smallest absolute Gasteiger partial charge is 0.271 e. The molecule has 2 rings (SSSR count). The fourth-order valence-electron chi connectivity index (χ4n) is 1.93. The van der Waals surface area contributed by atoms with Crippen molar-refractivity contribution in [1.29, 1.82) is 0 Å². The monoisotopic (exact) mass is 277 g/mol. The summed E-state index contributed by atoms with van der Waals surface area (Å²) in [5.74, 6) is 0.520. The van der Waals surface area contributed by atoms with E-state index in [4.69, 9.17) is 12.2 Å². The first-order valence-corrected chi connectivity index (χ1v) is 6.44. The second-order valence-electron chi connectivity index (χ2n) is 4.83. The number of non-ortho nitro benzene ring substituents is 1. The molecule has 0 aliphatic rings. The van der Waals surface area contributed by atoms with Gasteiger partial charge in [0.25, 0.3) is 5.69 Å². The molecule has 100 valence electrons. The van der Waals surface area contributed by atoms with E-state index < -0.39 is 4.92 Å². The minimum atomic E-state index is -0.412. The largest absolute Gasteiger partial charge is 0.297 e. The third kappa shape index (κ3) is 3.08. The Balaban J connectivity index is 2.41. The predicted molar refractivity (Wildman–Crippen MR) is 76.2 cm³/mol. The highest BCUT2D eigenvalue weighted by molar-refractivity contribution is 7.71. The van der Waals surface area contributed by atoms with E-state index in [9.17, 15) is 10.1 Å². The lowest BCUT2D eigenvalue weighted by Gasteiger charge is -2.04. The SMILES string of the molecule is CC(C)Cc1cc(=S)n(-c2cccc([N+](=O)[O-])c2)[nH]1. The summed E-state index contributed by atoms with van der Waals surface area (Å²) < 4.78 is 2.32. The fourth-order valence-corrected chi connectivity index (χ4v) is 2.22. The van der Waals surface area contributed by atoms with Gasteiger partial charge in [0, 0.05) is 17.8 Å². The minimum absolute atomic E-state index is 0.0550. The van der Waals surface area contributed by atoms with Crippen LogP contribution in [0.3, 0.4) is 0 Å². The highest BCUT2D eigenvalue weighted by Gasteiger charge is 2.09. The lowest BCUT2D eigenvalue weighted by Crippen LogP contribution is -2.00. The number of hydrogen-bond acceptors (Lipinski definition) is 3. The molecule has 19 heavy (non-hydrogen) atoms. The van der Waals surface area contributed by atoms with Gasteiger partial charge in [0.15, 0.2) is 0 Å².